The van der Waals surface area contributed by atoms with Crippen molar-refractivity contribution in [3.63, 3.8) is 0 Å². The molecule has 1 atom stereocenters. The third-order valence-electron chi connectivity index (χ3n) is 2.37. The van der Waals surface area contributed by atoms with Gasteiger partial charge in [-0.05, 0) is 24.3 Å². The maximum atomic E-state index is 11.1. The quantitative estimate of drug-likeness (QED) is 0.451. The molecule has 1 unspecified atom stereocenters. The van der Waals surface area contributed by atoms with Gasteiger partial charge in [0.1, 0.15) is 4.90 Å². The van der Waals surface area contributed by atoms with Crippen LogP contribution < -0.4 is 0 Å². The highest BCUT2D eigenvalue weighted by molar-refractivity contribution is 7.99. The van der Waals surface area contributed by atoms with Crippen molar-refractivity contribution in [2.75, 3.05) is 0 Å². The molecule has 2 rings (SSSR count). The van der Waals surface area contributed by atoms with Gasteiger partial charge >= 0.3 is 0 Å². The highest BCUT2D eigenvalue weighted by Gasteiger charge is 2.14. The van der Waals surface area contributed by atoms with E-state index in [1.54, 1.807) is 24.3 Å². The minimum Gasteiger partial charge on any atom is -0.302 e. The van der Waals surface area contributed by atoms with Crippen molar-refractivity contribution in [1.29, 1.82) is 0 Å². The van der Waals surface area contributed by atoms with Crippen molar-refractivity contribution in [3.8, 4) is 0 Å². The monoisotopic (exact) mass is 418 g/mol. The van der Waals surface area contributed by atoms with Crippen molar-refractivity contribution >= 4 is 81.9 Å². The van der Waals surface area contributed by atoms with Crippen LogP contribution in [0.2, 0.25) is 20.1 Å². The first-order chi connectivity index (χ1) is 9.79. The van der Waals surface area contributed by atoms with Gasteiger partial charge in [0.2, 0.25) is 0 Å². The lowest BCUT2D eigenvalue weighted by molar-refractivity contribution is 0.564. The lowest BCUT2D eigenvalue weighted by Gasteiger charge is -2.09. The van der Waals surface area contributed by atoms with Crippen LogP contribution in [-0.2, 0) is 11.1 Å². The SMILES string of the molecule is O=S(O)c1c(Cl)cc(Sc2cc(Cl)c(S)c(Cl)c2)cc1Cl. The lowest BCUT2D eigenvalue weighted by Crippen LogP contribution is -1.92. The van der Waals surface area contributed by atoms with E-state index in [0.717, 1.165) is 4.90 Å². The summed E-state index contributed by atoms with van der Waals surface area (Å²) >= 11 is 27.2. The van der Waals surface area contributed by atoms with E-state index in [-0.39, 0.29) is 14.9 Å². The van der Waals surface area contributed by atoms with Gasteiger partial charge in [-0.2, -0.15) is 0 Å². The van der Waals surface area contributed by atoms with Gasteiger partial charge in [0.15, 0.2) is 11.1 Å². The summed E-state index contributed by atoms with van der Waals surface area (Å²) in [6.07, 6.45) is 0. The second-order valence-corrected chi connectivity index (χ2v) is 7.93. The van der Waals surface area contributed by atoms with Gasteiger partial charge < -0.3 is 4.55 Å². The normalized spacial score (nSPS) is 12.5. The largest absolute Gasteiger partial charge is 0.302 e. The summed E-state index contributed by atoms with van der Waals surface area (Å²) in [6.45, 7) is 0. The maximum Gasteiger partial charge on any atom is 0.189 e. The molecule has 1 N–H and O–H groups in total. The Balaban J connectivity index is 2.39. The summed E-state index contributed by atoms with van der Waals surface area (Å²) in [5, 5.41) is 1.10. The number of rotatable bonds is 3. The molecule has 0 saturated heterocycles. The number of hydrogen-bond acceptors (Lipinski definition) is 3. The van der Waals surface area contributed by atoms with Crippen LogP contribution in [0.5, 0.6) is 0 Å². The van der Waals surface area contributed by atoms with E-state index >= 15 is 0 Å². The fraction of sp³-hybridized carbons (Fsp3) is 0. The van der Waals surface area contributed by atoms with E-state index in [9.17, 15) is 4.21 Å². The van der Waals surface area contributed by atoms with E-state index in [1.165, 1.54) is 11.8 Å². The summed E-state index contributed by atoms with van der Waals surface area (Å²) in [7, 11) is 0. The molecule has 2 nitrogen and oxygen atoms in total. The molecule has 9 heteroatoms. The Kier molecular flexibility index (Phi) is 6.19. The predicted octanol–water partition coefficient (Wildman–Crippen LogP) is 6.32. The maximum absolute atomic E-state index is 11.1. The van der Waals surface area contributed by atoms with Gasteiger partial charge in [0, 0.05) is 14.7 Å². The molecule has 0 fully saturated rings. The van der Waals surface area contributed by atoms with Crippen molar-refractivity contribution < 1.29 is 8.76 Å². The average Bonchev–Trinajstić information content (AvgIpc) is 2.34. The molecule has 0 amide bonds. The summed E-state index contributed by atoms with van der Waals surface area (Å²) in [5.74, 6) is 0. The molecule has 21 heavy (non-hydrogen) atoms. The van der Waals surface area contributed by atoms with E-state index in [2.05, 4.69) is 12.6 Å². The highest BCUT2D eigenvalue weighted by atomic mass is 35.5. The van der Waals surface area contributed by atoms with E-state index < -0.39 is 11.1 Å². The van der Waals surface area contributed by atoms with E-state index in [4.69, 9.17) is 51.0 Å². The molecule has 2 aromatic rings. The van der Waals surface area contributed by atoms with Gasteiger partial charge in [-0.25, -0.2) is 4.21 Å². The molecular weight excluding hydrogens is 414 g/mol. The molecule has 0 heterocycles. The average molecular weight is 420 g/mol. The van der Waals surface area contributed by atoms with Gasteiger partial charge in [-0.15, -0.1) is 12.6 Å². The van der Waals surface area contributed by atoms with Crippen LogP contribution in [0.15, 0.2) is 43.8 Å². The molecule has 0 aliphatic heterocycles. The molecule has 0 saturated carbocycles. The molecule has 0 radical (unpaired) electrons. The van der Waals surface area contributed by atoms with Crippen LogP contribution in [0.1, 0.15) is 0 Å². The fourth-order valence-electron chi connectivity index (χ4n) is 1.50. The van der Waals surface area contributed by atoms with Crippen LogP contribution in [0.4, 0.5) is 0 Å². The molecule has 0 bridgehead atoms. The van der Waals surface area contributed by atoms with Crippen LogP contribution in [0, 0.1) is 0 Å². The van der Waals surface area contributed by atoms with Gasteiger partial charge in [0.05, 0.1) is 20.1 Å². The van der Waals surface area contributed by atoms with Gasteiger partial charge in [-0.3, -0.25) is 0 Å². The Morgan fingerprint density at radius 3 is 1.67 bits per heavy atom. The lowest BCUT2D eigenvalue weighted by atomic mass is 10.3. The Labute approximate surface area is 153 Å². The zero-order valence-corrected chi connectivity index (χ0v) is 15.5. The van der Waals surface area contributed by atoms with Crippen molar-refractivity contribution in [3.05, 3.63) is 44.4 Å². The third kappa shape index (κ3) is 4.24. The molecule has 2 aromatic carbocycles. The summed E-state index contributed by atoms with van der Waals surface area (Å²) in [4.78, 5) is 1.96. The number of halogens is 4. The minimum absolute atomic E-state index is 0.00976. The number of benzene rings is 2. The standard InChI is InChI=1S/C12H6Cl4O2S3/c13-7-1-5(2-8(14)11(7)19)20-6-3-9(15)12(21(17)18)10(16)4-6/h1-4,19H,(H,17,18). The third-order valence-corrected chi connectivity index (χ3v) is 6.27. The van der Waals surface area contributed by atoms with Gasteiger partial charge in [0.25, 0.3) is 0 Å². The molecular formula is C12H6Cl4O2S3. The molecule has 0 aliphatic rings. The molecule has 0 spiro atoms. The van der Waals surface area contributed by atoms with Crippen LogP contribution in [-0.4, -0.2) is 8.76 Å². The summed E-state index contributed by atoms with van der Waals surface area (Å²) in [6, 6.07) is 6.52. The van der Waals surface area contributed by atoms with Gasteiger partial charge in [-0.1, -0.05) is 58.2 Å². The van der Waals surface area contributed by atoms with E-state index in [0.29, 0.717) is 19.8 Å². The molecule has 0 aromatic heterocycles. The van der Waals surface area contributed by atoms with Crippen molar-refractivity contribution in [1.82, 2.24) is 0 Å². The first-order valence-electron chi connectivity index (χ1n) is 5.25. The zero-order valence-electron chi connectivity index (χ0n) is 9.94. The Bertz CT molecular complexity index is 690. The van der Waals surface area contributed by atoms with Crippen LogP contribution >= 0.6 is 70.8 Å². The topological polar surface area (TPSA) is 37.3 Å². The predicted molar refractivity (Wildman–Crippen MR) is 93.3 cm³/mol. The minimum atomic E-state index is -2.24. The number of thiol groups is 1. The van der Waals surface area contributed by atoms with E-state index in [1.807, 2.05) is 0 Å². The Morgan fingerprint density at radius 1 is 0.905 bits per heavy atom. The fourth-order valence-corrected chi connectivity index (χ4v) is 4.69. The Morgan fingerprint density at radius 2 is 1.29 bits per heavy atom. The summed E-state index contributed by atoms with van der Waals surface area (Å²) in [5.41, 5.74) is 0. The first kappa shape index (κ1) is 17.8. The summed E-state index contributed by atoms with van der Waals surface area (Å²) < 4.78 is 20.3. The van der Waals surface area contributed by atoms with Crippen molar-refractivity contribution in [2.45, 2.75) is 19.6 Å². The molecule has 112 valence electrons. The smallest absolute Gasteiger partial charge is 0.189 e. The second-order valence-electron chi connectivity index (χ2n) is 3.80. The first-order valence-corrected chi connectivity index (χ1v) is 9.13. The van der Waals surface area contributed by atoms with Crippen LogP contribution in [0.3, 0.4) is 0 Å². The highest BCUT2D eigenvalue weighted by Crippen LogP contribution is 2.39. The van der Waals surface area contributed by atoms with Crippen molar-refractivity contribution in [2.24, 2.45) is 0 Å². The second kappa shape index (κ2) is 7.32. The number of hydrogen-bond donors (Lipinski definition) is 2. The van der Waals surface area contributed by atoms with Crippen LogP contribution in [0.25, 0.3) is 0 Å². The Hall–Kier alpha value is 0.410. The molecule has 0 aliphatic carbocycles. The zero-order chi connectivity index (χ0) is 15.7.